The minimum atomic E-state index is -0.814. The molecular weight excluding hydrogens is 382 g/mol. The Balaban J connectivity index is 1.90. The van der Waals surface area contributed by atoms with Gasteiger partial charge < -0.3 is 10.0 Å². The summed E-state index contributed by atoms with van der Waals surface area (Å²) in [6.07, 6.45) is 4.88. The minimum absolute atomic E-state index is 0.0155. The van der Waals surface area contributed by atoms with E-state index in [1.807, 2.05) is 6.07 Å². The van der Waals surface area contributed by atoms with Crippen LogP contribution in [-0.4, -0.2) is 41.4 Å². The number of Topliss-reactive ketones (excluding diaryl/α,β-unsaturated/α-hetero) is 1. The number of amides is 1. The zero-order valence-corrected chi connectivity index (χ0v) is 16.9. The molecule has 8 heteroatoms. The molecular formula is C22H21N5O3. The highest BCUT2D eigenvalue weighted by Crippen LogP contribution is 2.40. The van der Waals surface area contributed by atoms with Crippen molar-refractivity contribution in [3.8, 4) is 0 Å². The Hall–Kier alpha value is -3.81. The molecule has 4 heterocycles. The molecule has 1 saturated heterocycles. The number of pyridine rings is 2. The van der Waals surface area contributed by atoms with Crippen LogP contribution in [0.15, 0.2) is 54.5 Å². The summed E-state index contributed by atoms with van der Waals surface area (Å²) >= 11 is 0. The maximum absolute atomic E-state index is 13.1. The van der Waals surface area contributed by atoms with Gasteiger partial charge in [-0.3, -0.25) is 24.2 Å². The first-order chi connectivity index (χ1) is 14.4. The van der Waals surface area contributed by atoms with Crippen molar-refractivity contribution in [3.05, 3.63) is 82.7 Å². The van der Waals surface area contributed by atoms with Gasteiger partial charge in [0.15, 0.2) is 0 Å². The van der Waals surface area contributed by atoms with Gasteiger partial charge in [-0.2, -0.15) is 5.10 Å². The zero-order valence-electron chi connectivity index (χ0n) is 16.9. The number of aromatic nitrogens is 4. The van der Waals surface area contributed by atoms with E-state index in [0.29, 0.717) is 22.6 Å². The van der Waals surface area contributed by atoms with Crippen molar-refractivity contribution in [2.24, 2.45) is 7.05 Å². The van der Waals surface area contributed by atoms with Gasteiger partial charge in [0, 0.05) is 37.9 Å². The van der Waals surface area contributed by atoms with Crippen LogP contribution in [0.4, 0.5) is 0 Å². The first-order valence-corrected chi connectivity index (χ1v) is 9.49. The van der Waals surface area contributed by atoms with Gasteiger partial charge in [0.1, 0.15) is 11.8 Å². The lowest BCUT2D eigenvalue weighted by Crippen LogP contribution is -2.29. The molecule has 0 aliphatic carbocycles. The van der Waals surface area contributed by atoms with Crippen molar-refractivity contribution in [2.75, 3.05) is 0 Å². The van der Waals surface area contributed by atoms with Crippen LogP contribution in [0.25, 0.3) is 5.76 Å². The first-order valence-electron chi connectivity index (χ1n) is 9.49. The third-order valence-corrected chi connectivity index (χ3v) is 5.33. The van der Waals surface area contributed by atoms with Gasteiger partial charge >= 0.3 is 0 Å². The van der Waals surface area contributed by atoms with Crippen LogP contribution < -0.4 is 0 Å². The Kier molecular flexibility index (Phi) is 4.91. The number of nitrogens with zero attached hydrogens (tertiary/aromatic N) is 5. The summed E-state index contributed by atoms with van der Waals surface area (Å²) in [6.45, 7) is 3.72. The molecule has 0 saturated carbocycles. The maximum Gasteiger partial charge on any atom is 0.296 e. The molecule has 3 aromatic heterocycles. The molecule has 152 valence electrons. The van der Waals surface area contributed by atoms with Crippen LogP contribution in [0.3, 0.4) is 0 Å². The lowest BCUT2D eigenvalue weighted by Gasteiger charge is -2.24. The van der Waals surface area contributed by atoms with Crippen molar-refractivity contribution in [3.63, 3.8) is 0 Å². The predicted molar refractivity (Wildman–Crippen MR) is 109 cm³/mol. The smallest absolute Gasteiger partial charge is 0.296 e. The van der Waals surface area contributed by atoms with E-state index in [0.717, 1.165) is 5.56 Å². The van der Waals surface area contributed by atoms with E-state index >= 15 is 0 Å². The minimum Gasteiger partial charge on any atom is -0.507 e. The number of likely N-dealkylation sites (tertiary alicyclic amines) is 1. The topological polar surface area (TPSA) is 101 Å². The third kappa shape index (κ3) is 3.16. The number of hydrogen-bond acceptors (Lipinski definition) is 6. The van der Waals surface area contributed by atoms with Gasteiger partial charge in [0.05, 0.1) is 22.5 Å². The van der Waals surface area contributed by atoms with Gasteiger partial charge in [-0.05, 0) is 37.6 Å². The average Bonchev–Trinajstić information content (AvgIpc) is 3.15. The van der Waals surface area contributed by atoms with Gasteiger partial charge in [-0.15, -0.1) is 0 Å². The lowest BCUT2D eigenvalue weighted by atomic mass is 9.97. The van der Waals surface area contributed by atoms with E-state index < -0.39 is 17.7 Å². The van der Waals surface area contributed by atoms with Crippen molar-refractivity contribution in [1.29, 1.82) is 0 Å². The van der Waals surface area contributed by atoms with Crippen molar-refractivity contribution in [1.82, 2.24) is 24.6 Å². The van der Waals surface area contributed by atoms with E-state index in [2.05, 4.69) is 15.1 Å². The molecule has 8 nitrogen and oxygen atoms in total. The van der Waals surface area contributed by atoms with Crippen molar-refractivity contribution >= 4 is 17.4 Å². The van der Waals surface area contributed by atoms with Crippen LogP contribution in [0.2, 0.25) is 0 Å². The van der Waals surface area contributed by atoms with Crippen LogP contribution in [0.1, 0.15) is 34.3 Å². The number of carbonyl (C=O) groups excluding carboxylic acids is 2. The van der Waals surface area contributed by atoms with E-state index in [1.165, 1.54) is 4.90 Å². The first kappa shape index (κ1) is 19.5. The highest BCUT2D eigenvalue weighted by Gasteiger charge is 2.47. The highest BCUT2D eigenvalue weighted by atomic mass is 16.3. The van der Waals surface area contributed by atoms with E-state index in [9.17, 15) is 14.7 Å². The molecule has 1 aliphatic rings. The van der Waals surface area contributed by atoms with Crippen molar-refractivity contribution in [2.45, 2.75) is 26.4 Å². The van der Waals surface area contributed by atoms with Gasteiger partial charge in [0.25, 0.3) is 11.7 Å². The summed E-state index contributed by atoms with van der Waals surface area (Å²) in [6, 6.07) is 8.06. The maximum atomic E-state index is 13.1. The number of carbonyl (C=O) groups is 2. The predicted octanol–water partition coefficient (Wildman–Crippen LogP) is 2.45. The summed E-state index contributed by atoms with van der Waals surface area (Å²) < 4.78 is 1.63. The average molecular weight is 403 g/mol. The molecule has 0 spiro atoms. The van der Waals surface area contributed by atoms with Gasteiger partial charge in [0.2, 0.25) is 0 Å². The van der Waals surface area contributed by atoms with Crippen LogP contribution >= 0.6 is 0 Å². The van der Waals surface area contributed by atoms with E-state index in [1.54, 1.807) is 68.4 Å². The molecule has 0 bridgehead atoms. The number of aryl methyl sites for hydroxylation is 2. The fraction of sp³-hybridized carbons (Fsp3) is 0.227. The molecule has 1 fully saturated rings. The Bertz CT molecular complexity index is 1150. The molecule has 1 aliphatic heterocycles. The van der Waals surface area contributed by atoms with Gasteiger partial charge in [-0.25, -0.2) is 0 Å². The van der Waals surface area contributed by atoms with Crippen molar-refractivity contribution < 1.29 is 14.7 Å². The number of aliphatic hydroxyl groups is 1. The number of hydrogen-bond donors (Lipinski definition) is 1. The third-order valence-electron chi connectivity index (χ3n) is 5.33. The summed E-state index contributed by atoms with van der Waals surface area (Å²) in [7, 11) is 1.76. The SMILES string of the molecule is Cc1nn(C)c(C)c1C(O)=C1C(=O)C(=O)N(Cc2cccnc2)[C@H]1c1ccccn1. The molecule has 30 heavy (non-hydrogen) atoms. The Morgan fingerprint density at radius 1 is 1.13 bits per heavy atom. The fourth-order valence-corrected chi connectivity index (χ4v) is 3.83. The van der Waals surface area contributed by atoms with Gasteiger partial charge in [-0.1, -0.05) is 12.1 Å². The second-order valence-corrected chi connectivity index (χ2v) is 7.21. The van der Waals surface area contributed by atoms with E-state index in [-0.39, 0.29) is 17.9 Å². The van der Waals surface area contributed by atoms with Crippen LogP contribution in [0, 0.1) is 13.8 Å². The van der Waals surface area contributed by atoms with Crippen LogP contribution in [0.5, 0.6) is 0 Å². The molecule has 1 atom stereocenters. The number of aliphatic hydroxyl groups excluding tert-OH is 1. The fourth-order valence-electron chi connectivity index (χ4n) is 3.83. The number of ketones is 1. The zero-order chi connectivity index (χ0) is 21.4. The molecule has 4 rings (SSSR count). The van der Waals surface area contributed by atoms with E-state index in [4.69, 9.17) is 0 Å². The molecule has 1 amide bonds. The van der Waals surface area contributed by atoms with Crippen LogP contribution in [-0.2, 0) is 23.2 Å². The molecule has 0 radical (unpaired) electrons. The standard InChI is InChI=1S/C22H21N5O3/c1-13-17(14(2)26(3)25-13)20(28)18-19(16-8-4-5-10-24-16)27(22(30)21(18)29)12-15-7-6-9-23-11-15/h4-11,19,28H,12H2,1-3H3/t19-/m0/s1. The Morgan fingerprint density at radius 2 is 1.93 bits per heavy atom. The molecule has 1 N–H and O–H groups in total. The highest BCUT2D eigenvalue weighted by molar-refractivity contribution is 6.46. The Labute approximate surface area is 173 Å². The largest absolute Gasteiger partial charge is 0.507 e. The lowest BCUT2D eigenvalue weighted by molar-refractivity contribution is -0.140. The second kappa shape index (κ2) is 7.55. The summed E-state index contributed by atoms with van der Waals surface area (Å²) in [5, 5.41) is 15.5. The summed E-state index contributed by atoms with van der Waals surface area (Å²) in [5.74, 6) is -1.66. The summed E-state index contributed by atoms with van der Waals surface area (Å²) in [5.41, 5.74) is 3.02. The molecule has 0 unspecified atom stereocenters. The number of rotatable bonds is 4. The summed E-state index contributed by atoms with van der Waals surface area (Å²) in [4.78, 5) is 35.9. The second-order valence-electron chi connectivity index (χ2n) is 7.21. The monoisotopic (exact) mass is 403 g/mol. The quantitative estimate of drug-likeness (QED) is 0.408. The normalized spacial score (nSPS) is 18.2. The molecule has 3 aromatic rings. The molecule has 0 aromatic carbocycles. The Morgan fingerprint density at radius 3 is 2.53 bits per heavy atom.